The van der Waals surface area contributed by atoms with Gasteiger partial charge in [-0.1, -0.05) is 23.2 Å². The smallest absolute Gasteiger partial charge is 0.253 e. The Kier molecular flexibility index (Phi) is 6.74. The van der Waals surface area contributed by atoms with E-state index in [1.165, 1.54) is 17.8 Å². The third-order valence-corrected chi connectivity index (χ3v) is 4.39. The average Bonchev–Trinajstić information content (AvgIpc) is 2.88. The van der Waals surface area contributed by atoms with Gasteiger partial charge in [-0.25, -0.2) is 0 Å². The van der Waals surface area contributed by atoms with Gasteiger partial charge in [0.05, 0.1) is 9.90 Å². The summed E-state index contributed by atoms with van der Waals surface area (Å²) in [6, 6.07) is 1.61. The molecule has 102 valence electrons. The van der Waals surface area contributed by atoms with Crippen LogP contribution in [0.5, 0.6) is 0 Å². The highest BCUT2D eigenvalue weighted by Crippen LogP contribution is 2.30. The Bertz CT molecular complexity index is 405. The number of halogens is 3. The first-order valence-electron chi connectivity index (χ1n) is 5.60. The first-order valence-corrected chi connectivity index (χ1v) is 7.18. The second-order valence-electron chi connectivity index (χ2n) is 4.14. The summed E-state index contributed by atoms with van der Waals surface area (Å²) >= 11 is 12.9. The molecule has 0 saturated carbocycles. The van der Waals surface area contributed by atoms with Crippen LogP contribution >= 0.6 is 46.9 Å². The highest BCUT2D eigenvalue weighted by atomic mass is 35.5. The molecule has 1 aliphatic heterocycles. The van der Waals surface area contributed by atoms with Gasteiger partial charge in [0.1, 0.15) is 4.34 Å². The van der Waals surface area contributed by atoms with Crippen molar-refractivity contribution in [2.45, 2.75) is 12.8 Å². The van der Waals surface area contributed by atoms with Crippen molar-refractivity contribution in [3.05, 3.63) is 20.3 Å². The van der Waals surface area contributed by atoms with Crippen LogP contribution < -0.4 is 10.6 Å². The number of carbonyl (C=O) groups excluding carboxylic acids is 1. The van der Waals surface area contributed by atoms with Crippen LogP contribution in [-0.2, 0) is 0 Å². The molecule has 1 fully saturated rings. The highest BCUT2D eigenvalue weighted by Gasteiger charge is 2.16. The Morgan fingerprint density at radius 1 is 1.56 bits per heavy atom. The van der Waals surface area contributed by atoms with Gasteiger partial charge in [0.15, 0.2) is 0 Å². The summed E-state index contributed by atoms with van der Waals surface area (Å²) in [6.45, 7) is 2.83. The van der Waals surface area contributed by atoms with Crippen LogP contribution in [0.1, 0.15) is 23.2 Å². The molecule has 1 atom stereocenters. The third-order valence-electron chi connectivity index (χ3n) is 2.90. The van der Waals surface area contributed by atoms with Crippen molar-refractivity contribution in [3.63, 3.8) is 0 Å². The number of thiophene rings is 1. The van der Waals surface area contributed by atoms with E-state index in [0.29, 0.717) is 26.7 Å². The molecule has 2 N–H and O–H groups in total. The maximum Gasteiger partial charge on any atom is 0.253 e. The fourth-order valence-corrected chi connectivity index (χ4v) is 3.40. The predicted octanol–water partition coefficient (Wildman–Crippen LogP) is 3.21. The van der Waals surface area contributed by atoms with E-state index in [0.717, 1.165) is 19.5 Å². The minimum absolute atomic E-state index is 0. The highest BCUT2D eigenvalue weighted by molar-refractivity contribution is 7.20. The molecular formula is C11H15Cl3N2OS. The molecule has 1 saturated heterocycles. The maximum absolute atomic E-state index is 11.8. The molecule has 2 rings (SSSR count). The summed E-state index contributed by atoms with van der Waals surface area (Å²) < 4.78 is 0.996. The van der Waals surface area contributed by atoms with Crippen LogP contribution in [0.15, 0.2) is 6.07 Å². The molecule has 0 radical (unpaired) electrons. The number of carbonyl (C=O) groups is 1. The lowest BCUT2D eigenvalue weighted by molar-refractivity contribution is 0.0952. The molecule has 1 unspecified atom stereocenters. The van der Waals surface area contributed by atoms with Crippen LogP contribution in [0, 0.1) is 5.92 Å². The van der Waals surface area contributed by atoms with Crippen molar-refractivity contribution in [2.75, 3.05) is 19.6 Å². The molecule has 0 aromatic carbocycles. The minimum atomic E-state index is -0.135. The van der Waals surface area contributed by atoms with Crippen LogP contribution in [0.2, 0.25) is 8.67 Å². The van der Waals surface area contributed by atoms with Crippen LogP contribution in [-0.4, -0.2) is 25.5 Å². The van der Waals surface area contributed by atoms with E-state index in [4.69, 9.17) is 23.2 Å². The lowest BCUT2D eigenvalue weighted by atomic mass is 10.1. The van der Waals surface area contributed by atoms with Gasteiger partial charge in [-0.05, 0) is 37.9 Å². The SMILES string of the molecule is Cl.O=C(NCCC1CCNC1)c1cc(Cl)sc1Cl. The van der Waals surface area contributed by atoms with Crippen molar-refractivity contribution >= 4 is 52.9 Å². The van der Waals surface area contributed by atoms with Gasteiger partial charge in [-0.15, -0.1) is 23.7 Å². The average molecular weight is 330 g/mol. The third kappa shape index (κ3) is 4.28. The topological polar surface area (TPSA) is 41.1 Å². The molecule has 3 nitrogen and oxygen atoms in total. The van der Waals surface area contributed by atoms with Crippen LogP contribution in [0.25, 0.3) is 0 Å². The standard InChI is InChI=1S/C11H14Cl2N2OS.ClH/c12-9-5-8(10(13)17-9)11(16)15-4-2-7-1-3-14-6-7;/h5,7,14H,1-4,6H2,(H,15,16);1H. The lowest BCUT2D eigenvalue weighted by Gasteiger charge is -2.08. The van der Waals surface area contributed by atoms with Crippen molar-refractivity contribution < 1.29 is 4.79 Å². The first kappa shape index (κ1) is 16.1. The van der Waals surface area contributed by atoms with E-state index in [2.05, 4.69) is 10.6 Å². The fraction of sp³-hybridized carbons (Fsp3) is 0.545. The minimum Gasteiger partial charge on any atom is -0.352 e. The molecule has 18 heavy (non-hydrogen) atoms. The number of rotatable bonds is 4. The monoisotopic (exact) mass is 328 g/mol. The van der Waals surface area contributed by atoms with Gasteiger partial charge in [0.25, 0.3) is 5.91 Å². The molecule has 0 spiro atoms. The van der Waals surface area contributed by atoms with E-state index in [1.807, 2.05) is 0 Å². The molecule has 1 amide bonds. The summed E-state index contributed by atoms with van der Waals surface area (Å²) in [6.07, 6.45) is 2.20. The van der Waals surface area contributed by atoms with Crippen molar-refractivity contribution in [1.29, 1.82) is 0 Å². The van der Waals surface area contributed by atoms with Crippen molar-refractivity contribution in [1.82, 2.24) is 10.6 Å². The van der Waals surface area contributed by atoms with Gasteiger partial charge in [-0.2, -0.15) is 0 Å². The van der Waals surface area contributed by atoms with E-state index < -0.39 is 0 Å². The molecule has 1 aromatic rings. The summed E-state index contributed by atoms with van der Waals surface area (Å²) in [5.74, 6) is 0.543. The molecule has 1 aliphatic rings. The number of amides is 1. The zero-order chi connectivity index (χ0) is 12.3. The normalized spacial score (nSPS) is 18.4. The Labute approximate surface area is 127 Å². The first-order chi connectivity index (χ1) is 8.16. The van der Waals surface area contributed by atoms with Crippen molar-refractivity contribution in [3.8, 4) is 0 Å². The second-order valence-corrected chi connectivity index (χ2v) is 6.43. The number of hydrogen-bond acceptors (Lipinski definition) is 3. The Morgan fingerprint density at radius 2 is 2.33 bits per heavy atom. The van der Waals surface area contributed by atoms with Crippen molar-refractivity contribution in [2.24, 2.45) is 5.92 Å². The van der Waals surface area contributed by atoms with E-state index >= 15 is 0 Å². The summed E-state index contributed by atoms with van der Waals surface area (Å²) in [7, 11) is 0. The van der Waals surface area contributed by atoms with Gasteiger partial charge in [0, 0.05) is 6.54 Å². The predicted molar refractivity (Wildman–Crippen MR) is 79.5 cm³/mol. The van der Waals surface area contributed by atoms with E-state index in [-0.39, 0.29) is 18.3 Å². The van der Waals surface area contributed by atoms with Gasteiger partial charge in [-0.3, -0.25) is 4.79 Å². The molecule has 1 aromatic heterocycles. The largest absolute Gasteiger partial charge is 0.352 e. The van der Waals surface area contributed by atoms with Gasteiger partial charge >= 0.3 is 0 Å². The van der Waals surface area contributed by atoms with Gasteiger partial charge < -0.3 is 10.6 Å². The fourth-order valence-electron chi connectivity index (χ4n) is 1.94. The summed E-state index contributed by atoms with van der Waals surface area (Å²) in [5, 5.41) is 6.18. The summed E-state index contributed by atoms with van der Waals surface area (Å²) in [5.41, 5.74) is 0.478. The second kappa shape index (κ2) is 7.56. The zero-order valence-electron chi connectivity index (χ0n) is 9.67. The zero-order valence-corrected chi connectivity index (χ0v) is 12.8. The Hall–Kier alpha value is -0.0000000000000000555. The van der Waals surface area contributed by atoms with E-state index in [1.54, 1.807) is 6.07 Å². The lowest BCUT2D eigenvalue weighted by Crippen LogP contribution is -2.26. The molecule has 0 bridgehead atoms. The Morgan fingerprint density at radius 3 is 2.89 bits per heavy atom. The maximum atomic E-state index is 11.8. The summed E-state index contributed by atoms with van der Waals surface area (Å²) in [4.78, 5) is 11.8. The van der Waals surface area contributed by atoms with Gasteiger partial charge in [0.2, 0.25) is 0 Å². The van der Waals surface area contributed by atoms with Crippen LogP contribution in [0.3, 0.4) is 0 Å². The quantitative estimate of drug-likeness (QED) is 0.890. The number of hydrogen-bond donors (Lipinski definition) is 2. The Balaban J connectivity index is 0.00000162. The molecule has 0 aliphatic carbocycles. The molecule has 2 heterocycles. The van der Waals surface area contributed by atoms with E-state index in [9.17, 15) is 4.79 Å². The molecule has 7 heteroatoms. The number of nitrogens with one attached hydrogen (secondary N) is 2. The molecular weight excluding hydrogens is 315 g/mol. The van der Waals surface area contributed by atoms with Crippen LogP contribution in [0.4, 0.5) is 0 Å².